The fourth-order valence-corrected chi connectivity index (χ4v) is 2.97. The second kappa shape index (κ2) is 8.89. The summed E-state index contributed by atoms with van der Waals surface area (Å²) in [7, 11) is 0. The van der Waals surface area contributed by atoms with Crippen molar-refractivity contribution in [2.45, 2.75) is 57.9 Å². The van der Waals surface area contributed by atoms with E-state index in [0.717, 1.165) is 31.7 Å². The minimum atomic E-state index is 0.549. The van der Waals surface area contributed by atoms with E-state index in [4.69, 9.17) is 4.74 Å². The molecule has 2 rings (SSSR count). The van der Waals surface area contributed by atoms with Gasteiger partial charge in [-0.2, -0.15) is 0 Å². The molecule has 0 aromatic heterocycles. The Kier molecular flexibility index (Phi) is 6.81. The average Bonchev–Trinajstić information content (AvgIpc) is 2.91. The molecule has 1 N–H and O–H groups in total. The summed E-state index contributed by atoms with van der Waals surface area (Å²) in [6, 6.07) is 7.18. The van der Waals surface area contributed by atoms with Crippen molar-refractivity contribution in [2.24, 2.45) is 0 Å². The molecule has 1 atom stereocenters. The van der Waals surface area contributed by atoms with Crippen molar-refractivity contribution in [3.05, 3.63) is 42.0 Å². The molecule has 0 spiro atoms. The third kappa shape index (κ3) is 4.89. The van der Waals surface area contributed by atoms with Gasteiger partial charge in [0.15, 0.2) is 0 Å². The zero-order valence-corrected chi connectivity index (χ0v) is 13.4. The Labute approximate surface area is 129 Å². The van der Waals surface area contributed by atoms with E-state index in [2.05, 4.69) is 37.0 Å². The molecule has 1 aliphatic carbocycles. The third-order valence-corrected chi connectivity index (χ3v) is 4.15. The summed E-state index contributed by atoms with van der Waals surface area (Å²) in [5.74, 6) is 1.04. The fraction of sp³-hybridized carbons (Fsp3) is 0.579. The highest BCUT2D eigenvalue weighted by atomic mass is 16.5. The van der Waals surface area contributed by atoms with Crippen molar-refractivity contribution in [1.29, 1.82) is 0 Å². The van der Waals surface area contributed by atoms with E-state index >= 15 is 0 Å². The number of hydrogen-bond acceptors (Lipinski definition) is 2. The highest BCUT2D eigenvalue weighted by Gasteiger charge is 2.21. The first-order valence-corrected chi connectivity index (χ1v) is 8.45. The maximum absolute atomic E-state index is 5.88. The molecule has 21 heavy (non-hydrogen) atoms. The molecule has 0 bridgehead atoms. The van der Waals surface area contributed by atoms with Crippen molar-refractivity contribution in [1.82, 2.24) is 5.32 Å². The predicted octanol–water partition coefficient (Wildman–Crippen LogP) is 4.80. The first-order chi connectivity index (χ1) is 10.3. The Balaban J connectivity index is 1.78. The van der Waals surface area contributed by atoms with Crippen LogP contribution in [0.5, 0.6) is 5.75 Å². The first-order valence-electron chi connectivity index (χ1n) is 8.45. The standard InChI is InChI=1S/C19H29NO/c1-3-5-6-7-8-14-21-17-10-11-18-16(15-17)9-12-19(18)20-13-4-2/h3,10-11,15,19-20H,1,4-9,12-14H2,2H3. The number of nitrogens with one attached hydrogen (secondary N) is 1. The van der Waals surface area contributed by atoms with E-state index in [1.54, 1.807) is 0 Å². The molecule has 116 valence electrons. The average molecular weight is 287 g/mol. The van der Waals surface area contributed by atoms with E-state index < -0.39 is 0 Å². The quantitative estimate of drug-likeness (QED) is 0.493. The van der Waals surface area contributed by atoms with Gasteiger partial charge >= 0.3 is 0 Å². The number of fused-ring (bicyclic) bond motifs is 1. The van der Waals surface area contributed by atoms with Crippen LogP contribution in [0.1, 0.15) is 62.6 Å². The van der Waals surface area contributed by atoms with Gasteiger partial charge < -0.3 is 10.1 Å². The molecule has 1 aromatic rings. The molecular weight excluding hydrogens is 258 g/mol. The topological polar surface area (TPSA) is 21.3 Å². The van der Waals surface area contributed by atoms with Crippen LogP contribution in [-0.4, -0.2) is 13.2 Å². The lowest BCUT2D eigenvalue weighted by Crippen LogP contribution is -2.19. The molecular formula is C19H29NO. The normalized spacial score (nSPS) is 16.7. The molecule has 1 aromatic carbocycles. The Hall–Kier alpha value is -1.28. The molecule has 2 nitrogen and oxygen atoms in total. The van der Waals surface area contributed by atoms with E-state index in [1.165, 1.54) is 43.2 Å². The van der Waals surface area contributed by atoms with Gasteiger partial charge in [-0.1, -0.05) is 19.1 Å². The Morgan fingerprint density at radius 3 is 3.05 bits per heavy atom. The van der Waals surface area contributed by atoms with Gasteiger partial charge in [0.1, 0.15) is 5.75 Å². The highest BCUT2D eigenvalue weighted by molar-refractivity contribution is 5.40. The van der Waals surface area contributed by atoms with E-state index in [9.17, 15) is 0 Å². The SMILES string of the molecule is C=CCCCCCOc1ccc2c(c1)CCC2NCCC. The van der Waals surface area contributed by atoms with Crippen molar-refractivity contribution in [3.63, 3.8) is 0 Å². The van der Waals surface area contributed by atoms with Crippen molar-refractivity contribution < 1.29 is 4.74 Å². The number of unbranched alkanes of at least 4 members (excludes halogenated alkanes) is 3. The van der Waals surface area contributed by atoms with Crippen LogP contribution in [-0.2, 0) is 6.42 Å². The van der Waals surface area contributed by atoms with E-state index in [1.807, 2.05) is 6.08 Å². The van der Waals surface area contributed by atoms with Gasteiger partial charge in [0.2, 0.25) is 0 Å². The maximum Gasteiger partial charge on any atom is 0.119 e. The van der Waals surface area contributed by atoms with Crippen molar-refractivity contribution in [3.8, 4) is 5.75 Å². The lowest BCUT2D eigenvalue weighted by molar-refractivity contribution is 0.305. The summed E-state index contributed by atoms with van der Waals surface area (Å²) in [6.45, 7) is 7.90. The lowest BCUT2D eigenvalue weighted by Gasteiger charge is -2.14. The minimum Gasteiger partial charge on any atom is -0.494 e. The monoisotopic (exact) mass is 287 g/mol. The van der Waals surface area contributed by atoms with Gasteiger partial charge in [0, 0.05) is 6.04 Å². The lowest BCUT2D eigenvalue weighted by atomic mass is 10.1. The number of rotatable bonds is 10. The summed E-state index contributed by atoms with van der Waals surface area (Å²) >= 11 is 0. The first kappa shape index (κ1) is 16.1. The van der Waals surface area contributed by atoms with Gasteiger partial charge in [0.25, 0.3) is 0 Å². The summed E-state index contributed by atoms with van der Waals surface area (Å²) in [6.07, 6.45) is 10.3. The largest absolute Gasteiger partial charge is 0.494 e. The number of hydrogen-bond donors (Lipinski definition) is 1. The van der Waals surface area contributed by atoms with Crippen LogP contribution in [0, 0.1) is 0 Å². The minimum absolute atomic E-state index is 0.549. The second-order valence-electron chi connectivity index (χ2n) is 5.89. The summed E-state index contributed by atoms with van der Waals surface area (Å²) in [4.78, 5) is 0. The molecule has 0 saturated heterocycles. The van der Waals surface area contributed by atoms with Crippen LogP contribution in [0.25, 0.3) is 0 Å². The van der Waals surface area contributed by atoms with Gasteiger partial charge in [0.05, 0.1) is 6.61 Å². The second-order valence-corrected chi connectivity index (χ2v) is 5.89. The van der Waals surface area contributed by atoms with Crippen LogP contribution >= 0.6 is 0 Å². The van der Waals surface area contributed by atoms with Crippen LogP contribution in [0.3, 0.4) is 0 Å². The number of benzene rings is 1. The fourth-order valence-electron chi connectivity index (χ4n) is 2.97. The van der Waals surface area contributed by atoms with Crippen LogP contribution in [0.2, 0.25) is 0 Å². The molecule has 1 aliphatic rings. The van der Waals surface area contributed by atoms with Gasteiger partial charge in [-0.25, -0.2) is 0 Å². The Morgan fingerprint density at radius 2 is 2.24 bits per heavy atom. The summed E-state index contributed by atoms with van der Waals surface area (Å²) in [5.41, 5.74) is 2.94. The third-order valence-electron chi connectivity index (χ3n) is 4.15. The van der Waals surface area contributed by atoms with Gasteiger partial charge in [-0.3, -0.25) is 0 Å². The molecule has 0 fully saturated rings. The molecule has 0 radical (unpaired) electrons. The Morgan fingerprint density at radius 1 is 1.33 bits per heavy atom. The molecule has 0 heterocycles. The summed E-state index contributed by atoms with van der Waals surface area (Å²) in [5, 5.41) is 3.63. The van der Waals surface area contributed by atoms with Gasteiger partial charge in [-0.15, -0.1) is 6.58 Å². The molecule has 1 unspecified atom stereocenters. The molecule has 0 amide bonds. The van der Waals surface area contributed by atoms with E-state index in [-0.39, 0.29) is 0 Å². The van der Waals surface area contributed by atoms with Crippen molar-refractivity contribution in [2.75, 3.05) is 13.2 Å². The molecule has 0 aliphatic heterocycles. The number of ether oxygens (including phenoxy) is 1. The summed E-state index contributed by atoms with van der Waals surface area (Å²) < 4.78 is 5.88. The highest BCUT2D eigenvalue weighted by Crippen LogP contribution is 2.33. The van der Waals surface area contributed by atoms with Crippen molar-refractivity contribution >= 4 is 0 Å². The number of allylic oxidation sites excluding steroid dienone is 1. The smallest absolute Gasteiger partial charge is 0.119 e. The molecule has 2 heteroatoms. The van der Waals surface area contributed by atoms with Gasteiger partial charge in [-0.05, 0) is 74.8 Å². The molecule has 0 saturated carbocycles. The van der Waals surface area contributed by atoms with E-state index in [0.29, 0.717) is 6.04 Å². The predicted molar refractivity (Wildman–Crippen MR) is 90.0 cm³/mol. The van der Waals surface area contributed by atoms with Crippen LogP contribution < -0.4 is 10.1 Å². The van der Waals surface area contributed by atoms with Crippen LogP contribution in [0.15, 0.2) is 30.9 Å². The van der Waals surface area contributed by atoms with Crippen LogP contribution in [0.4, 0.5) is 0 Å². The zero-order valence-electron chi connectivity index (χ0n) is 13.4. The maximum atomic E-state index is 5.88. The Bertz CT molecular complexity index is 441. The number of aryl methyl sites for hydroxylation is 1. The zero-order chi connectivity index (χ0) is 14.9.